The van der Waals surface area contributed by atoms with Crippen LogP contribution in [0.1, 0.15) is 6.42 Å². The number of benzene rings is 2. The van der Waals surface area contributed by atoms with E-state index in [4.69, 9.17) is 4.74 Å². The Labute approximate surface area is 164 Å². The van der Waals surface area contributed by atoms with Crippen LogP contribution in [0.25, 0.3) is 0 Å². The average molecular weight is 424 g/mol. The largest absolute Gasteiger partial charge is 0.496 e. The maximum Gasteiger partial charge on any atom is 0.296 e. The number of carbonyl (C=O) groups excluding carboxylic acids is 1. The van der Waals surface area contributed by atoms with E-state index in [0.29, 0.717) is 0 Å². The van der Waals surface area contributed by atoms with Gasteiger partial charge in [-0.1, -0.05) is 0 Å². The van der Waals surface area contributed by atoms with Gasteiger partial charge in [0.15, 0.2) is 0 Å². The zero-order valence-corrected chi connectivity index (χ0v) is 15.8. The Morgan fingerprint density at radius 1 is 1.07 bits per heavy atom. The summed E-state index contributed by atoms with van der Waals surface area (Å²) in [4.78, 5) is 32.2. The summed E-state index contributed by atoms with van der Waals surface area (Å²) in [5.41, 5.74) is -0.687. The number of carbonyl (C=O) groups is 1. The molecule has 13 heteroatoms. The molecule has 2 N–H and O–H groups in total. The van der Waals surface area contributed by atoms with Gasteiger partial charge in [0.2, 0.25) is 15.9 Å². The van der Waals surface area contributed by atoms with Gasteiger partial charge in [0, 0.05) is 25.1 Å². The fraction of sp³-hybridized carbons (Fsp3) is 0.188. The number of ether oxygens (including phenoxy) is 1. The molecular formula is C16H16N4O8S. The molecule has 2 rings (SSSR count). The van der Waals surface area contributed by atoms with Crippen LogP contribution in [0.15, 0.2) is 47.4 Å². The van der Waals surface area contributed by atoms with Crippen LogP contribution in [0.3, 0.4) is 0 Å². The average Bonchev–Trinajstić information content (AvgIpc) is 2.68. The van der Waals surface area contributed by atoms with E-state index in [0.717, 1.165) is 30.3 Å². The molecule has 154 valence electrons. The maximum atomic E-state index is 12.2. The first-order valence-electron chi connectivity index (χ1n) is 8.00. The number of sulfonamides is 1. The topological polar surface area (TPSA) is 171 Å². The highest BCUT2D eigenvalue weighted by atomic mass is 32.2. The number of amides is 1. The van der Waals surface area contributed by atoms with Crippen LogP contribution in [0.5, 0.6) is 5.75 Å². The number of non-ortho nitro benzene ring substituents is 1. The van der Waals surface area contributed by atoms with E-state index in [-0.39, 0.29) is 40.7 Å². The Hall–Kier alpha value is -3.58. The van der Waals surface area contributed by atoms with Crippen molar-refractivity contribution in [3.05, 3.63) is 62.7 Å². The van der Waals surface area contributed by atoms with Crippen molar-refractivity contribution >= 4 is 33.0 Å². The first-order chi connectivity index (χ1) is 13.6. The summed E-state index contributed by atoms with van der Waals surface area (Å²) >= 11 is 0. The van der Waals surface area contributed by atoms with E-state index < -0.39 is 25.8 Å². The predicted octanol–water partition coefficient (Wildman–Crippen LogP) is 1.82. The van der Waals surface area contributed by atoms with Gasteiger partial charge in [-0.2, -0.15) is 0 Å². The second-order valence-electron chi connectivity index (χ2n) is 5.59. The van der Waals surface area contributed by atoms with Crippen molar-refractivity contribution < 1.29 is 27.8 Å². The van der Waals surface area contributed by atoms with Crippen molar-refractivity contribution in [3.63, 3.8) is 0 Å². The van der Waals surface area contributed by atoms with Gasteiger partial charge in [0.25, 0.3) is 11.4 Å². The SMILES string of the molecule is COc1ccc(NC(=O)CCNS(=O)(=O)c2ccc([N+](=O)[O-])cc2)c([N+](=O)[O-])c1. The molecule has 1 amide bonds. The van der Waals surface area contributed by atoms with Gasteiger partial charge in [0.05, 0.1) is 27.9 Å². The lowest BCUT2D eigenvalue weighted by atomic mass is 10.2. The Kier molecular flexibility index (Phi) is 6.80. The van der Waals surface area contributed by atoms with Crippen LogP contribution >= 0.6 is 0 Å². The van der Waals surface area contributed by atoms with Gasteiger partial charge >= 0.3 is 0 Å². The van der Waals surface area contributed by atoms with Crippen LogP contribution in [-0.4, -0.2) is 37.8 Å². The highest BCUT2D eigenvalue weighted by Crippen LogP contribution is 2.29. The van der Waals surface area contributed by atoms with Crippen molar-refractivity contribution in [2.45, 2.75) is 11.3 Å². The molecule has 0 saturated carbocycles. The van der Waals surface area contributed by atoms with Gasteiger partial charge in [-0.15, -0.1) is 0 Å². The van der Waals surface area contributed by atoms with Gasteiger partial charge in [-0.05, 0) is 24.3 Å². The molecule has 0 bridgehead atoms. The fourth-order valence-corrected chi connectivity index (χ4v) is 3.27. The van der Waals surface area contributed by atoms with Crippen molar-refractivity contribution in [2.24, 2.45) is 0 Å². The van der Waals surface area contributed by atoms with Crippen LogP contribution in [0.2, 0.25) is 0 Å². The molecule has 2 aromatic rings. The number of methoxy groups -OCH3 is 1. The monoisotopic (exact) mass is 424 g/mol. The van der Waals surface area contributed by atoms with Gasteiger partial charge in [-0.25, -0.2) is 13.1 Å². The minimum absolute atomic E-state index is 0.0565. The summed E-state index contributed by atoms with van der Waals surface area (Å²) in [6.45, 7) is -0.283. The van der Waals surface area contributed by atoms with E-state index in [9.17, 15) is 33.4 Å². The molecule has 0 aliphatic carbocycles. The molecule has 29 heavy (non-hydrogen) atoms. The smallest absolute Gasteiger partial charge is 0.296 e. The third-order valence-corrected chi connectivity index (χ3v) is 5.15. The normalized spacial score (nSPS) is 10.9. The molecule has 0 spiro atoms. The molecule has 0 aliphatic heterocycles. The lowest BCUT2D eigenvalue weighted by Crippen LogP contribution is -2.28. The molecule has 0 unspecified atom stereocenters. The third-order valence-electron chi connectivity index (χ3n) is 3.68. The second-order valence-corrected chi connectivity index (χ2v) is 7.35. The van der Waals surface area contributed by atoms with Gasteiger partial charge in [-0.3, -0.25) is 25.0 Å². The first kappa shape index (κ1) is 21.7. The highest BCUT2D eigenvalue weighted by molar-refractivity contribution is 7.89. The van der Waals surface area contributed by atoms with Crippen molar-refractivity contribution in [3.8, 4) is 5.75 Å². The van der Waals surface area contributed by atoms with Gasteiger partial charge in [0.1, 0.15) is 11.4 Å². The van der Waals surface area contributed by atoms with Crippen LogP contribution < -0.4 is 14.8 Å². The van der Waals surface area contributed by atoms with Crippen LogP contribution in [0.4, 0.5) is 17.1 Å². The summed E-state index contributed by atoms with van der Waals surface area (Å²) in [5, 5.41) is 24.1. The molecule has 0 aromatic heterocycles. The first-order valence-corrected chi connectivity index (χ1v) is 9.49. The highest BCUT2D eigenvalue weighted by Gasteiger charge is 2.19. The molecular weight excluding hydrogens is 408 g/mol. The van der Waals surface area contributed by atoms with Crippen LogP contribution in [-0.2, 0) is 14.8 Å². The fourth-order valence-electron chi connectivity index (χ4n) is 2.24. The Morgan fingerprint density at radius 2 is 1.72 bits per heavy atom. The predicted molar refractivity (Wildman–Crippen MR) is 101 cm³/mol. The molecule has 0 aliphatic rings. The van der Waals surface area contributed by atoms with Crippen molar-refractivity contribution in [2.75, 3.05) is 19.0 Å². The third kappa shape index (κ3) is 5.70. The summed E-state index contributed by atoms with van der Waals surface area (Å²) in [7, 11) is -2.64. The summed E-state index contributed by atoms with van der Waals surface area (Å²) in [6.07, 6.45) is -0.296. The molecule has 12 nitrogen and oxygen atoms in total. The van der Waals surface area contributed by atoms with E-state index in [1.54, 1.807) is 0 Å². The lowest BCUT2D eigenvalue weighted by Gasteiger charge is -2.09. The molecule has 0 saturated heterocycles. The number of hydrogen-bond donors (Lipinski definition) is 2. The summed E-state index contributed by atoms with van der Waals surface area (Å²) in [5.74, 6) is -0.407. The zero-order chi connectivity index (χ0) is 21.6. The summed E-state index contributed by atoms with van der Waals surface area (Å²) < 4.78 is 31.4. The van der Waals surface area contributed by atoms with Gasteiger partial charge < -0.3 is 10.1 Å². The van der Waals surface area contributed by atoms with E-state index in [1.807, 2.05) is 0 Å². The number of nitrogens with zero attached hydrogens (tertiary/aromatic N) is 2. The Bertz CT molecular complexity index is 1040. The Morgan fingerprint density at radius 3 is 2.28 bits per heavy atom. The quantitative estimate of drug-likeness (QED) is 0.453. The zero-order valence-electron chi connectivity index (χ0n) is 15.0. The van der Waals surface area contributed by atoms with Crippen LogP contribution in [0, 0.1) is 20.2 Å². The number of hydrogen-bond acceptors (Lipinski definition) is 8. The standard InChI is InChI=1S/C16H16N4O8S/c1-28-12-4-7-14(15(10-12)20(24)25)18-16(21)8-9-17-29(26,27)13-5-2-11(3-6-13)19(22)23/h2-7,10,17H,8-9H2,1H3,(H,18,21). The minimum atomic E-state index is -3.98. The van der Waals surface area contributed by atoms with E-state index in [2.05, 4.69) is 10.0 Å². The molecule has 0 radical (unpaired) electrons. The number of nitrogens with one attached hydrogen (secondary N) is 2. The minimum Gasteiger partial charge on any atom is -0.496 e. The molecule has 2 aromatic carbocycles. The Balaban J connectivity index is 1.97. The van der Waals surface area contributed by atoms with Crippen molar-refractivity contribution in [1.82, 2.24) is 4.72 Å². The molecule has 0 atom stereocenters. The maximum absolute atomic E-state index is 12.2. The number of nitro groups is 2. The van der Waals surface area contributed by atoms with E-state index >= 15 is 0 Å². The number of rotatable bonds is 9. The van der Waals surface area contributed by atoms with Crippen molar-refractivity contribution in [1.29, 1.82) is 0 Å². The summed E-state index contributed by atoms with van der Waals surface area (Å²) in [6, 6.07) is 8.11. The second kappa shape index (κ2) is 9.07. The van der Waals surface area contributed by atoms with E-state index in [1.165, 1.54) is 19.2 Å². The number of nitro benzene ring substituents is 2. The number of anilines is 1. The molecule has 0 heterocycles. The molecule has 0 fully saturated rings. The lowest BCUT2D eigenvalue weighted by molar-refractivity contribution is -0.384.